The van der Waals surface area contributed by atoms with E-state index < -0.39 is 0 Å². The van der Waals surface area contributed by atoms with Crippen molar-refractivity contribution in [3.05, 3.63) is 41.5 Å². The minimum Gasteiger partial charge on any atom is -0.303 e. The molecule has 1 nitrogen and oxygen atoms in total. The number of hydrogen-bond donors (Lipinski definition) is 0. The summed E-state index contributed by atoms with van der Waals surface area (Å²) in [6, 6.07) is 11.3. The van der Waals surface area contributed by atoms with Gasteiger partial charge in [0.2, 0.25) is 0 Å². The molecule has 0 bridgehead atoms. The topological polar surface area (TPSA) is 3.24 Å². The standard InChI is InChI=1S/C15H21N/c1-16(2)15-11-7-6-10-14(15)12-13-8-4-3-5-9-13/h3-5,8-9,12,15H,6-7,10-11H2,1-2H3/b14-12+/t15-/m1/s1. The Kier molecular flexibility index (Phi) is 3.79. The van der Waals surface area contributed by atoms with Gasteiger partial charge in [0.1, 0.15) is 0 Å². The largest absolute Gasteiger partial charge is 0.303 e. The minimum atomic E-state index is 0.647. The molecule has 16 heavy (non-hydrogen) atoms. The van der Waals surface area contributed by atoms with E-state index in [1.165, 1.54) is 31.2 Å². The molecule has 1 aliphatic rings. The van der Waals surface area contributed by atoms with Crippen molar-refractivity contribution in [2.24, 2.45) is 0 Å². The Morgan fingerprint density at radius 2 is 1.88 bits per heavy atom. The third-order valence-electron chi connectivity index (χ3n) is 3.40. The van der Waals surface area contributed by atoms with Gasteiger partial charge in [0.25, 0.3) is 0 Å². The highest BCUT2D eigenvalue weighted by atomic mass is 15.1. The van der Waals surface area contributed by atoms with Gasteiger partial charge in [-0.3, -0.25) is 0 Å². The summed E-state index contributed by atoms with van der Waals surface area (Å²) < 4.78 is 0. The van der Waals surface area contributed by atoms with Crippen LogP contribution in [0.4, 0.5) is 0 Å². The van der Waals surface area contributed by atoms with Crippen molar-refractivity contribution in [3.63, 3.8) is 0 Å². The molecule has 0 saturated heterocycles. The lowest BCUT2D eigenvalue weighted by Crippen LogP contribution is -2.31. The van der Waals surface area contributed by atoms with Crippen LogP contribution in [0.1, 0.15) is 31.2 Å². The molecular weight excluding hydrogens is 194 g/mol. The Hall–Kier alpha value is -1.08. The van der Waals surface area contributed by atoms with Crippen molar-refractivity contribution < 1.29 is 0 Å². The SMILES string of the molecule is CN(C)[C@@H]1CCCC/C1=C\c1ccccc1. The Morgan fingerprint density at radius 1 is 1.12 bits per heavy atom. The van der Waals surface area contributed by atoms with Gasteiger partial charge < -0.3 is 4.90 Å². The maximum atomic E-state index is 2.38. The normalized spacial score (nSPS) is 23.9. The summed E-state index contributed by atoms with van der Waals surface area (Å²) in [5.74, 6) is 0. The average molecular weight is 215 g/mol. The summed E-state index contributed by atoms with van der Waals surface area (Å²) in [7, 11) is 4.38. The van der Waals surface area contributed by atoms with Gasteiger partial charge in [0, 0.05) is 6.04 Å². The highest BCUT2D eigenvalue weighted by molar-refractivity contribution is 5.54. The number of hydrogen-bond acceptors (Lipinski definition) is 1. The van der Waals surface area contributed by atoms with E-state index in [1.54, 1.807) is 5.57 Å². The number of nitrogens with zero attached hydrogens (tertiary/aromatic N) is 1. The van der Waals surface area contributed by atoms with Gasteiger partial charge in [-0.25, -0.2) is 0 Å². The van der Waals surface area contributed by atoms with E-state index in [9.17, 15) is 0 Å². The van der Waals surface area contributed by atoms with Crippen molar-refractivity contribution in [2.45, 2.75) is 31.7 Å². The van der Waals surface area contributed by atoms with E-state index in [2.05, 4.69) is 55.4 Å². The molecule has 0 aromatic heterocycles. The summed E-state index contributed by atoms with van der Waals surface area (Å²) in [4.78, 5) is 2.36. The van der Waals surface area contributed by atoms with Crippen LogP contribution >= 0.6 is 0 Å². The van der Waals surface area contributed by atoms with Crippen LogP contribution in [-0.2, 0) is 0 Å². The Balaban J connectivity index is 2.20. The third kappa shape index (κ3) is 2.73. The predicted octanol–water partition coefficient (Wildman–Crippen LogP) is 3.57. The zero-order chi connectivity index (χ0) is 11.4. The average Bonchev–Trinajstić information content (AvgIpc) is 2.31. The van der Waals surface area contributed by atoms with E-state index in [0.29, 0.717) is 6.04 Å². The van der Waals surface area contributed by atoms with Crippen molar-refractivity contribution in [1.82, 2.24) is 4.90 Å². The molecule has 1 heteroatoms. The Bertz CT molecular complexity index is 351. The molecule has 1 aromatic rings. The molecule has 86 valence electrons. The lowest BCUT2D eigenvalue weighted by atomic mass is 9.88. The van der Waals surface area contributed by atoms with Crippen molar-refractivity contribution in [3.8, 4) is 0 Å². The second-order valence-corrected chi connectivity index (χ2v) is 4.86. The van der Waals surface area contributed by atoms with E-state index in [-0.39, 0.29) is 0 Å². The Labute approximate surface area is 98.8 Å². The van der Waals surface area contributed by atoms with Crippen LogP contribution in [0.2, 0.25) is 0 Å². The van der Waals surface area contributed by atoms with Crippen LogP contribution in [0, 0.1) is 0 Å². The van der Waals surface area contributed by atoms with E-state index in [1.807, 2.05) is 0 Å². The second-order valence-electron chi connectivity index (χ2n) is 4.86. The fourth-order valence-electron chi connectivity index (χ4n) is 2.54. The molecule has 0 amide bonds. The fraction of sp³-hybridized carbons (Fsp3) is 0.467. The molecule has 0 N–H and O–H groups in total. The fourth-order valence-corrected chi connectivity index (χ4v) is 2.54. The first-order chi connectivity index (χ1) is 7.77. The minimum absolute atomic E-state index is 0.647. The van der Waals surface area contributed by atoms with Gasteiger partial charge in [0.05, 0.1) is 0 Å². The molecule has 0 unspecified atom stereocenters. The van der Waals surface area contributed by atoms with Crippen molar-refractivity contribution >= 4 is 6.08 Å². The molecule has 0 heterocycles. The molecule has 2 rings (SSSR count). The van der Waals surface area contributed by atoms with Gasteiger partial charge in [-0.05, 0) is 38.9 Å². The molecule has 1 atom stereocenters. The first kappa shape index (κ1) is 11.4. The van der Waals surface area contributed by atoms with Crippen molar-refractivity contribution in [1.29, 1.82) is 0 Å². The molecule has 0 radical (unpaired) electrons. The first-order valence-corrected chi connectivity index (χ1v) is 6.19. The van der Waals surface area contributed by atoms with Gasteiger partial charge in [-0.2, -0.15) is 0 Å². The van der Waals surface area contributed by atoms with Crippen LogP contribution in [-0.4, -0.2) is 25.0 Å². The molecule has 1 aromatic carbocycles. The molecule has 1 aliphatic carbocycles. The summed E-state index contributed by atoms with van der Waals surface area (Å²) in [5, 5.41) is 0. The van der Waals surface area contributed by atoms with Crippen molar-refractivity contribution in [2.75, 3.05) is 14.1 Å². The maximum absolute atomic E-state index is 2.38. The lowest BCUT2D eigenvalue weighted by molar-refractivity contribution is 0.285. The molecule has 1 fully saturated rings. The highest BCUT2D eigenvalue weighted by Crippen LogP contribution is 2.28. The van der Waals surface area contributed by atoms with Crippen LogP contribution < -0.4 is 0 Å². The summed E-state index contributed by atoms with van der Waals surface area (Å²) in [6.07, 6.45) is 7.67. The molecule has 0 spiro atoms. The molecule has 1 saturated carbocycles. The van der Waals surface area contributed by atoms with Gasteiger partial charge in [-0.15, -0.1) is 0 Å². The van der Waals surface area contributed by atoms with Crippen LogP contribution in [0.15, 0.2) is 35.9 Å². The van der Waals surface area contributed by atoms with E-state index >= 15 is 0 Å². The summed E-state index contributed by atoms with van der Waals surface area (Å²) in [6.45, 7) is 0. The third-order valence-corrected chi connectivity index (χ3v) is 3.40. The number of likely N-dealkylation sites (N-methyl/N-ethyl adjacent to an activating group) is 1. The van der Waals surface area contributed by atoms with Crippen LogP contribution in [0.5, 0.6) is 0 Å². The van der Waals surface area contributed by atoms with Gasteiger partial charge >= 0.3 is 0 Å². The molecular formula is C15H21N. The smallest absolute Gasteiger partial charge is 0.0304 e. The zero-order valence-corrected chi connectivity index (χ0v) is 10.3. The van der Waals surface area contributed by atoms with E-state index in [0.717, 1.165) is 0 Å². The first-order valence-electron chi connectivity index (χ1n) is 6.19. The monoisotopic (exact) mass is 215 g/mol. The van der Waals surface area contributed by atoms with Crippen LogP contribution in [0.3, 0.4) is 0 Å². The summed E-state index contributed by atoms with van der Waals surface area (Å²) >= 11 is 0. The second kappa shape index (κ2) is 5.31. The zero-order valence-electron chi connectivity index (χ0n) is 10.3. The predicted molar refractivity (Wildman–Crippen MR) is 70.4 cm³/mol. The molecule has 0 aliphatic heterocycles. The number of benzene rings is 1. The van der Waals surface area contributed by atoms with Crippen LogP contribution in [0.25, 0.3) is 6.08 Å². The summed E-state index contributed by atoms with van der Waals surface area (Å²) in [5.41, 5.74) is 2.94. The highest BCUT2D eigenvalue weighted by Gasteiger charge is 2.20. The quantitative estimate of drug-likeness (QED) is 0.729. The number of rotatable bonds is 2. The Morgan fingerprint density at radius 3 is 2.56 bits per heavy atom. The lowest BCUT2D eigenvalue weighted by Gasteiger charge is -2.31. The van der Waals surface area contributed by atoms with Gasteiger partial charge in [0.15, 0.2) is 0 Å². The van der Waals surface area contributed by atoms with E-state index in [4.69, 9.17) is 0 Å². The maximum Gasteiger partial charge on any atom is 0.0304 e. The van der Waals surface area contributed by atoms with Gasteiger partial charge in [-0.1, -0.05) is 48.4 Å².